The maximum absolute atomic E-state index is 12.9. The molecule has 3 N–H and O–H groups in total. The maximum Gasteiger partial charge on any atom is 0.306 e. The van der Waals surface area contributed by atoms with Gasteiger partial charge in [0.1, 0.15) is 6.61 Å². The number of ether oxygens (including phenoxy) is 3. The van der Waals surface area contributed by atoms with E-state index in [9.17, 15) is 9.59 Å². The first kappa shape index (κ1) is 31.2. The van der Waals surface area contributed by atoms with E-state index in [-0.39, 0.29) is 48.3 Å². The van der Waals surface area contributed by atoms with Crippen molar-refractivity contribution in [1.82, 2.24) is 5.32 Å². The van der Waals surface area contributed by atoms with Crippen molar-refractivity contribution in [3.8, 4) is 0 Å². The number of benzene rings is 1. The Morgan fingerprint density at radius 1 is 0.971 bits per heavy atom. The molecule has 1 rings (SSSR count). The SMILES string of the molecule is CC(C(=O)[C@H](N)CCC(=O)OCc1ccccc1)C(C)(C)NCCOC(C)(C)CCOC(C)(C)C. The van der Waals surface area contributed by atoms with Gasteiger partial charge in [-0.3, -0.25) is 9.59 Å². The number of ketones is 1. The van der Waals surface area contributed by atoms with E-state index in [2.05, 4.69) is 19.2 Å². The van der Waals surface area contributed by atoms with E-state index in [4.69, 9.17) is 19.9 Å². The van der Waals surface area contributed by atoms with Crippen molar-refractivity contribution in [2.45, 2.75) is 104 Å². The highest BCUT2D eigenvalue weighted by Gasteiger charge is 2.33. The average molecular weight is 493 g/mol. The summed E-state index contributed by atoms with van der Waals surface area (Å²) in [5, 5.41) is 3.43. The Bertz CT molecular complexity index is 771. The first-order valence-corrected chi connectivity index (χ1v) is 12.6. The maximum atomic E-state index is 12.9. The molecule has 0 aliphatic rings. The number of Topliss-reactive ketones (excluding diaryl/α,β-unsaturated/α-hetero) is 1. The molecule has 1 unspecified atom stereocenters. The molecule has 0 aromatic heterocycles. The second-order valence-electron chi connectivity index (χ2n) is 11.4. The third kappa shape index (κ3) is 13.2. The summed E-state index contributed by atoms with van der Waals surface area (Å²) in [6, 6.07) is 8.77. The van der Waals surface area contributed by atoms with Crippen molar-refractivity contribution in [1.29, 1.82) is 0 Å². The number of esters is 1. The fourth-order valence-electron chi connectivity index (χ4n) is 3.43. The fourth-order valence-corrected chi connectivity index (χ4v) is 3.43. The van der Waals surface area contributed by atoms with Crippen LogP contribution in [0.1, 0.15) is 80.2 Å². The zero-order chi connectivity index (χ0) is 26.7. The van der Waals surface area contributed by atoms with Crippen molar-refractivity contribution >= 4 is 11.8 Å². The molecule has 1 aromatic rings. The molecule has 0 radical (unpaired) electrons. The van der Waals surface area contributed by atoms with Crippen LogP contribution in [0.15, 0.2) is 30.3 Å². The second kappa shape index (κ2) is 14.1. The Morgan fingerprint density at radius 2 is 1.60 bits per heavy atom. The lowest BCUT2D eigenvalue weighted by Crippen LogP contribution is -2.52. The summed E-state index contributed by atoms with van der Waals surface area (Å²) in [6.07, 6.45) is 1.17. The van der Waals surface area contributed by atoms with E-state index in [0.717, 1.165) is 12.0 Å². The molecule has 200 valence electrons. The predicted molar refractivity (Wildman–Crippen MR) is 140 cm³/mol. The highest BCUT2D eigenvalue weighted by Crippen LogP contribution is 2.21. The quantitative estimate of drug-likeness (QED) is 0.260. The third-order valence-electron chi connectivity index (χ3n) is 6.19. The summed E-state index contributed by atoms with van der Waals surface area (Å²) in [4.78, 5) is 25.0. The van der Waals surface area contributed by atoms with Crippen LogP contribution in [-0.2, 0) is 30.4 Å². The van der Waals surface area contributed by atoms with Crippen molar-refractivity contribution in [3.05, 3.63) is 35.9 Å². The summed E-state index contributed by atoms with van der Waals surface area (Å²) >= 11 is 0. The molecule has 0 bridgehead atoms. The highest BCUT2D eigenvalue weighted by molar-refractivity contribution is 5.87. The number of rotatable bonds is 16. The van der Waals surface area contributed by atoms with Gasteiger partial charge < -0.3 is 25.3 Å². The van der Waals surface area contributed by atoms with E-state index >= 15 is 0 Å². The standard InChI is InChI=1S/C28H48N2O5/c1-21(25(32)23(29)14-15-24(31)33-20-22-12-10-9-11-13-22)28(7,8)30-17-19-35-27(5,6)16-18-34-26(2,3)4/h9-13,21,23,30H,14-20,29H2,1-8H3/t21?,23-/m1/s1. The number of nitrogens with one attached hydrogen (secondary N) is 1. The zero-order valence-electron chi connectivity index (χ0n) is 23.1. The fraction of sp³-hybridized carbons (Fsp3) is 0.714. The van der Waals surface area contributed by atoms with Crippen LogP contribution in [0.4, 0.5) is 0 Å². The number of carbonyl (C=O) groups excluding carboxylic acids is 2. The molecule has 0 amide bonds. The minimum absolute atomic E-state index is 0.0704. The summed E-state index contributed by atoms with van der Waals surface area (Å²) in [5.41, 5.74) is 6.14. The van der Waals surface area contributed by atoms with E-state index in [1.165, 1.54) is 0 Å². The number of carbonyl (C=O) groups is 2. The van der Waals surface area contributed by atoms with Gasteiger partial charge >= 0.3 is 5.97 Å². The largest absolute Gasteiger partial charge is 0.461 e. The van der Waals surface area contributed by atoms with Crippen LogP contribution >= 0.6 is 0 Å². The monoisotopic (exact) mass is 492 g/mol. The zero-order valence-corrected chi connectivity index (χ0v) is 23.1. The second-order valence-corrected chi connectivity index (χ2v) is 11.4. The van der Waals surface area contributed by atoms with Crippen LogP contribution in [0.3, 0.4) is 0 Å². The van der Waals surface area contributed by atoms with Gasteiger partial charge in [-0.25, -0.2) is 0 Å². The number of hydrogen-bond donors (Lipinski definition) is 2. The summed E-state index contributed by atoms with van der Waals surface area (Å²) in [7, 11) is 0. The van der Waals surface area contributed by atoms with Crippen molar-refractivity contribution in [3.63, 3.8) is 0 Å². The highest BCUT2D eigenvalue weighted by atomic mass is 16.5. The van der Waals surface area contributed by atoms with Crippen LogP contribution in [0, 0.1) is 5.92 Å². The number of hydrogen-bond acceptors (Lipinski definition) is 7. The molecule has 7 nitrogen and oxygen atoms in total. The predicted octanol–water partition coefficient (Wildman–Crippen LogP) is 4.41. The molecule has 2 atom stereocenters. The Balaban J connectivity index is 2.36. The van der Waals surface area contributed by atoms with Crippen molar-refractivity contribution < 1.29 is 23.8 Å². The van der Waals surface area contributed by atoms with Gasteiger partial charge in [-0.1, -0.05) is 37.3 Å². The minimum atomic E-state index is -0.714. The first-order valence-electron chi connectivity index (χ1n) is 12.6. The van der Waals surface area contributed by atoms with Gasteiger partial charge in [-0.05, 0) is 66.9 Å². The van der Waals surface area contributed by atoms with E-state index < -0.39 is 11.6 Å². The van der Waals surface area contributed by atoms with E-state index in [1.54, 1.807) is 0 Å². The van der Waals surface area contributed by atoms with Gasteiger partial charge in [0.2, 0.25) is 0 Å². The Kier molecular flexibility index (Phi) is 12.6. The van der Waals surface area contributed by atoms with Crippen LogP contribution in [0.2, 0.25) is 0 Å². The molecule has 35 heavy (non-hydrogen) atoms. The lowest BCUT2D eigenvalue weighted by Gasteiger charge is -2.34. The molecular formula is C28H48N2O5. The first-order chi connectivity index (χ1) is 16.1. The molecule has 0 saturated heterocycles. The van der Waals surface area contributed by atoms with Gasteiger partial charge in [-0.15, -0.1) is 0 Å². The molecule has 1 aromatic carbocycles. The van der Waals surface area contributed by atoms with Crippen molar-refractivity contribution in [2.75, 3.05) is 19.8 Å². The topological polar surface area (TPSA) is 99.9 Å². The van der Waals surface area contributed by atoms with Gasteiger partial charge in [0.25, 0.3) is 0 Å². The molecule has 0 aliphatic heterocycles. The van der Waals surface area contributed by atoms with Gasteiger partial charge in [-0.2, -0.15) is 0 Å². The smallest absolute Gasteiger partial charge is 0.306 e. The van der Waals surface area contributed by atoms with Gasteiger partial charge in [0.05, 0.1) is 23.9 Å². The molecule has 0 fully saturated rings. The molecule has 0 aliphatic carbocycles. The van der Waals surface area contributed by atoms with Gasteiger partial charge in [0, 0.05) is 31.0 Å². The minimum Gasteiger partial charge on any atom is -0.461 e. The number of nitrogens with two attached hydrogens (primary N) is 1. The molecule has 7 heteroatoms. The van der Waals surface area contributed by atoms with Crippen LogP contribution in [-0.4, -0.2) is 54.3 Å². The molecule has 0 spiro atoms. The average Bonchev–Trinajstić information content (AvgIpc) is 2.77. The lowest BCUT2D eigenvalue weighted by molar-refractivity contribution is -0.145. The summed E-state index contributed by atoms with van der Waals surface area (Å²) in [6.45, 7) is 18.1. The lowest BCUT2D eigenvalue weighted by atomic mass is 9.82. The third-order valence-corrected chi connectivity index (χ3v) is 6.19. The Hall–Kier alpha value is -1.80. The summed E-state index contributed by atoms with van der Waals surface area (Å²) < 4.78 is 17.1. The van der Waals surface area contributed by atoms with Crippen LogP contribution < -0.4 is 11.1 Å². The van der Waals surface area contributed by atoms with E-state index in [1.807, 2.05) is 71.9 Å². The molecule has 0 saturated carbocycles. The normalized spacial score (nSPS) is 14.4. The van der Waals surface area contributed by atoms with E-state index in [0.29, 0.717) is 19.8 Å². The van der Waals surface area contributed by atoms with Crippen LogP contribution in [0.5, 0.6) is 0 Å². The Morgan fingerprint density at radius 3 is 2.20 bits per heavy atom. The summed E-state index contributed by atoms with van der Waals surface area (Å²) in [5.74, 6) is -0.750. The Labute approximate surface area is 212 Å². The molecule has 0 heterocycles. The van der Waals surface area contributed by atoms with Crippen molar-refractivity contribution in [2.24, 2.45) is 11.7 Å². The molecular weight excluding hydrogens is 444 g/mol. The van der Waals surface area contributed by atoms with Crippen LogP contribution in [0.25, 0.3) is 0 Å². The van der Waals surface area contributed by atoms with Gasteiger partial charge in [0.15, 0.2) is 5.78 Å².